The minimum Gasteiger partial charge on any atom is -0.367 e. The van der Waals surface area contributed by atoms with E-state index >= 15 is 0 Å². The van der Waals surface area contributed by atoms with Crippen molar-refractivity contribution < 1.29 is 4.84 Å². The minimum absolute atomic E-state index is 0.927. The van der Waals surface area contributed by atoms with Gasteiger partial charge in [0.05, 0.1) is 0 Å². The third-order valence-electron chi connectivity index (χ3n) is 5.93. The molecule has 0 atom stereocenters. The van der Waals surface area contributed by atoms with Crippen molar-refractivity contribution in [1.29, 1.82) is 0 Å². The number of hydroxylamine groups is 1. The first kappa shape index (κ1) is 22.3. The molecule has 1 aliphatic carbocycles. The van der Waals surface area contributed by atoms with Gasteiger partial charge in [0.1, 0.15) is 0 Å². The summed E-state index contributed by atoms with van der Waals surface area (Å²) in [5.74, 6) is 0.932. The Morgan fingerprint density at radius 2 is 1.11 bits per heavy atom. The van der Waals surface area contributed by atoms with Crippen molar-refractivity contribution in [3.63, 3.8) is 0 Å². The lowest BCUT2D eigenvalue weighted by Gasteiger charge is -2.15. The lowest BCUT2D eigenvalue weighted by Crippen LogP contribution is -2.20. The van der Waals surface area contributed by atoms with Crippen molar-refractivity contribution in [2.45, 2.75) is 128 Å². The van der Waals surface area contributed by atoms with E-state index in [9.17, 15) is 0 Å². The smallest absolute Gasteiger partial charge is 0.217 e. The SMILES string of the molecule is C1=C(NOC2=NCCCCCCCCCCC2)CCCCCCCCCC1. The van der Waals surface area contributed by atoms with E-state index in [2.05, 4.69) is 11.6 Å². The third kappa shape index (κ3) is 12.2. The van der Waals surface area contributed by atoms with Crippen LogP contribution in [0.3, 0.4) is 0 Å². The highest BCUT2D eigenvalue weighted by atomic mass is 16.7. The summed E-state index contributed by atoms with van der Waals surface area (Å²) in [5, 5.41) is 0. The van der Waals surface area contributed by atoms with Gasteiger partial charge in [-0.2, -0.15) is 0 Å². The molecule has 0 aromatic heterocycles. The maximum Gasteiger partial charge on any atom is 0.217 e. The predicted octanol–water partition coefficient (Wildman–Crippen LogP) is 7.62. The topological polar surface area (TPSA) is 33.6 Å². The maximum atomic E-state index is 6.01. The summed E-state index contributed by atoms with van der Waals surface area (Å²) in [6.07, 6.45) is 28.6. The first-order valence-corrected chi connectivity index (χ1v) is 12.1. The second-order valence-electron chi connectivity index (χ2n) is 8.51. The van der Waals surface area contributed by atoms with Gasteiger partial charge >= 0.3 is 0 Å². The fourth-order valence-electron chi connectivity index (χ4n) is 4.11. The molecule has 0 unspecified atom stereocenters. The molecular weight excluding hydrogens is 332 g/mol. The fraction of sp³-hybridized carbons (Fsp3) is 0.875. The van der Waals surface area contributed by atoms with Gasteiger partial charge in [0.25, 0.3) is 0 Å². The van der Waals surface area contributed by atoms with E-state index in [4.69, 9.17) is 9.83 Å². The zero-order chi connectivity index (χ0) is 18.8. The standard InChI is InChI=1S/C24H44N2O/c1-3-7-11-15-19-23(20-16-12-8-4-1)26-27-24-21-17-13-9-5-2-6-10-14-18-22-25-24/h19,26H,1-18,20-22H2. The van der Waals surface area contributed by atoms with Crippen molar-refractivity contribution in [1.82, 2.24) is 5.48 Å². The Morgan fingerprint density at radius 1 is 0.593 bits per heavy atom. The van der Waals surface area contributed by atoms with Crippen LogP contribution in [0.1, 0.15) is 128 Å². The van der Waals surface area contributed by atoms with E-state index in [1.807, 2.05) is 0 Å². The summed E-state index contributed by atoms with van der Waals surface area (Å²) >= 11 is 0. The highest BCUT2D eigenvalue weighted by molar-refractivity contribution is 5.75. The van der Waals surface area contributed by atoms with Crippen molar-refractivity contribution >= 4 is 5.90 Å². The molecule has 0 saturated carbocycles. The molecule has 2 rings (SSSR count). The fourth-order valence-corrected chi connectivity index (χ4v) is 4.11. The Labute approximate surface area is 168 Å². The van der Waals surface area contributed by atoms with Crippen LogP contribution in [0.15, 0.2) is 16.8 Å². The van der Waals surface area contributed by atoms with Gasteiger partial charge in [0.2, 0.25) is 5.90 Å². The van der Waals surface area contributed by atoms with Crippen LogP contribution >= 0.6 is 0 Å². The molecule has 0 fully saturated rings. The molecule has 0 saturated heterocycles. The van der Waals surface area contributed by atoms with E-state index in [0.29, 0.717) is 0 Å². The summed E-state index contributed by atoms with van der Waals surface area (Å²) in [6.45, 7) is 0.927. The van der Waals surface area contributed by atoms with Crippen molar-refractivity contribution in [3.05, 3.63) is 11.8 Å². The maximum absolute atomic E-state index is 6.01. The van der Waals surface area contributed by atoms with Crippen LogP contribution in [0.25, 0.3) is 0 Å². The van der Waals surface area contributed by atoms with Gasteiger partial charge in [-0.3, -0.25) is 4.99 Å². The number of aliphatic imine (C=N–C) groups is 1. The molecule has 0 aromatic rings. The Morgan fingerprint density at radius 3 is 1.78 bits per heavy atom. The lowest BCUT2D eigenvalue weighted by atomic mass is 10.0. The normalized spacial score (nSPS) is 23.1. The molecule has 1 heterocycles. The number of hydrogen-bond donors (Lipinski definition) is 1. The first-order valence-electron chi connectivity index (χ1n) is 12.1. The molecular formula is C24H44N2O. The van der Waals surface area contributed by atoms with E-state index in [1.54, 1.807) is 0 Å². The van der Waals surface area contributed by atoms with E-state index in [1.165, 1.54) is 121 Å². The quantitative estimate of drug-likeness (QED) is 0.503. The van der Waals surface area contributed by atoms with E-state index in [-0.39, 0.29) is 0 Å². The number of hydrogen-bond acceptors (Lipinski definition) is 3. The van der Waals surface area contributed by atoms with Crippen molar-refractivity contribution in [2.24, 2.45) is 4.99 Å². The molecule has 2 aliphatic rings. The van der Waals surface area contributed by atoms with Gasteiger partial charge in [-0.05, 0) is 38.5 Å². The van der Waals surface area contributed by atoms with Gasteiger partial charge < -0.3 is 4.84 Å². The Bertz CT molecular complexity index is 417. The number of rotatable bonds is 2. The van der Waals surface area contributed by atoms with Gasteiger partial charge in [0, 0.05) is 18.7 Å². The molecule has 0 bridgehead atoms. The van der Waals surface area contributed by atoms with Crippen LogP contribution in [0.5, 0.6) is 0 Å². The van der Waals surface area contributed by atoms with Crippen LogP contribution in [-0.2, 0) is 4.84 Å². The summed E-state index contributed by atoms with van der Waals surface area (Å²) in [4.78, 5) is 10.8. The minimum atomic E-state index is 0.927. The summed E-state index contributed by atoms with van der Waals surface area (Å²) in [7, 11) is 0. The Hall–Kier alpha value is -0.990. The van der Waals surface area contributed by atoms with Crippen LogP contribution in [0.2, 0.25) is 0 Å². The van der Waals surface area contributed by atoms with Crippen LogP contribution in [0, 0.1) is 0 Å². The average Bonchev–Trinajstić information content (AvgIpc) is 2.69. The molecule has 3 heteroatoms. The van der Waals surface area contributed by atoms with E-state index in [0.717, 1.165) is 25.3 Å². The van der Waals surface area contributed by atoms with Gasteiger partial charge in [-0.25, -0.2) is 5.48 Å². The van der Waals surface area contributed by atoms with Gasteiger partial charge in [-0.15, -0.1) is 0 Å². The highest BCUT2D eigenvalue weighted by Gasteiger charge is 2.06. The summed E-state index contributed by atoms with van der Waals surface area (Å²) in [5.41, 5.74) is 4.58. The average molecular weight is 377 g/mol. The zero-order valence-electron chi connectivity index (χ0n) is 17.8. The molecule has 0 aromatic carbocycles. The molecule has 3 nitrogen and oxygen atoms in total. The molecule has 27 heavy (non-hydrogen) atoms. The third-order valence-corrected chi connectivity index (χ3v) is 5.93. The largest absolute Gasteiger partial charge is 0.367 e. The monoisotopic (exact) mass is 376 g/mol. The van der Waals surface area contributed by atoms with Crippen LogP contribution < -0.4 is 5.48 Å². The molecule has 1 aliphatic heterocycles. The summed E-state index contributed by atoms with van der Waals surface area (Å²) in [6, 6.07) is 0. The molecule has 0 radical (unpaired) electrons. The van der Waals surface area contributed by atoms with E-state index < -0.39 is 0 Å². The van der Waals surface area contributed by atoms with Gasteiger partial charge in [-0.1, -0.05) is 89.5 Å². The summed E-state index contributed by atoms with van der Waals surface area (Å²) < 4.78 is 0. The van der Waals surface area contributed by atoms with Gasteiger partial charge in [0.15, 0.2) is 0 Å². The van der Waals surface area contributed by atoms with Crippen LogP contribution in [0.4, 0.5) is 0 Å². The Balaban J connectivity index is 1.80. The highest BCUT2D eigenvalue weighted by Crippen LogP contribution is 2.16. The van der Waals surface area contributed by atoms with Crippen LogP contribution in [-0.4, -0.2) is 12.4 Å². The molecule has 0 amide bonds. The van der Waals surface area contributed by atoms with Crippen molar-refractivity contribution in [3.8, 4) is 0 Å². The number of nitrogens with zero attached hydrogens (tertiary/aromatic N) is 1. The van der Waals surface area contributed by atoms with Crippen molar-refractivity contribution in [2.75, 3.05) is 6.54 Å². The predicted molar refractivity (Wildman–Crippen MR) is 117 cm³/mol. The first-order chi connectivity index (χ1) is 13.4. The molecule has 156 valence electrons. The number of nitrogens with one attached hydrogen (secondary N) is 1. The second-order valence-corrected chi connectivity index (χ2v) is 8.51. The molecule has 1 N–H and O–H groups in total. The lowest BCUT2D eigenvalue weighted by molar-refractivity contribution is 0.200. The second kappa shape index (κ2) is 16.0. The molecule has 0 spiro atoms. The number of allylic oxidation sites excluding steroid dienone is 2. The Kier molecular flexibility index (Phi) is 13.2. The zero-order valence-corrected chi connectivity index (χ0v) is 17.8.